The van der Waals surface area contributed by atoms with E-state index in [1.54, 1.807) is 42.5 Å². The Morgan fingerprint density at radius 2 is 1.93 bits per heavy atom. The largest absolute Gasteiger partial charge is 0.372 e. The molecule has 214 valence electrons. The molecule has 3 heterocycles. The summed E-state index contributed by atoms with van der Waals surface area (Å²) in [5.74, 6) is -7.09. The van der Waals surface area contributed by atoms with Crippen LogP contribution in [-0.2, 0) is 20.0 Å². The van der Waals surface area contributed by atoms with E-state index in [1.165, 1.54) is 0 Å². The number of carbonyl (C=O) groups excluding carboxylic acids is 3. The van der Waals surface area contributed by atoms with E-state index >= 15 is 8.78 Å². The summed E-state index contributed by atoms with van der Waals surface area (Å²) in [6, 6.07) is 10.4. The van der Waals surface area contributed by atoms with Crippen LogP contribution in [0.15, 0.2) is 46.9 Å². The highest BCUT2D eigenvalue weighted by Crippen LogP contribution is 2.54. The molecule has 7 rings (SSSR count). The molecule has 6 atom stereocenters. The van der Waals surface area contributed by atoms with Crippen LogP contribution >= 0.6 is 15.9 Å². The first-order chi connectivity index (χ1) is 19.6. The zero-order valence-electron chi connectivity index (χ0n) is 22.1. The average Bonchev–Trinajstić information content (AvgIpc) is 3.21. The summed E-state index contributed by atoms with van der Waals surface area (Å²) in [6.45, 7) is 0.544. The van der Waals surface area contributed by atoms with E-state index in [-0.39, 0.29) is 25.2 Å². The number of hydrogen-bond donors (Lipinski definition) is 3. The van der Waals surface area contributed by atoms with Gasteiger partial charge in [0, 0.05) is 40.5 Å². The SMILES string of the molecule is N#C[C@@H](C[C@H]1CCCNC1=O)NC(=O)[C@H]1[C@H]2CC[C@H](CC2(F)F)N1C(=O)[C@]1(O)c2ccccc2-c2ccc(Br)cc21. The number of benzene rings is 2. The zero-order valence-corrected chi connectivity index (χ0v) is 23.7. The van der Waals surface area contributed by atoms with Crippen LogP contribution in [0.3, 0.4) is 0 Å². The highest BCUT2D eigenvalue weighted by Gasteiger charge is 2.63. The van der Waals surface area contributed by atoms with E-state index in [1.807, 2.05) is 6.07 Å². The molecule has 0 spiro atoms. The highest BCUT2D eigenvalue weighted by atomic mass is 79.9. The highest BCUT2D eigenvalue weighted by molar-refractivity contribution is 9.10. The molecule has 0 unspecified atom stereocenters. The zero-order chi connectivity index (χ0) is 29.1. The summed E-state index contributed by atoms with van der Waals surface area (Å²) in [5.41, 5.74) is -0.277. The lowest BCUT2D eigenvalue weighted by Crippen LogP contribution is -2.70. The minimum Gasteiger partial charge on any atom is -0.372 e. The van der Waals surface area contributed by atoms with Crippen molar-refractivity contribution < 1.29 is 28.3 Å². The molecule has 3 saturated heterocycles. The molecule has 3 N–H and O–H groups in total. The molecule has 41 heavy (non-hydrogen) atoms. The van der Waals surface area contributed by atoms with Crippen LogP contribution in [0.1, 0.15) is 49.7 Å². The van der Waals surface area contributed by atoms with Crippen molar-refractivity contribution in [1.82, 2.24) is 15.5 Å². The van der Waals surface area contributed by atoms with E-state index in [0.717, 1.165) is 11.3 Å². The maximum atomic E-state index is 15.3. The second kappa shape index (κ2) is 10.2. The van der Waals surface area contributed by atoms with Crippen LogP contribution in [0.4, 0.5) is 8.78 Å². The Balaban J connectivity index is 1.36. The third-order valence-electron chi connectivity index (χ3n) is 9.12. The summed E-state index contributed by atoms with van der Waals surface area (Å²) >= 11 is 3.41. The molecule has 4 fully saturated rings. The van der Waals surface area contributed by atoms with Crippen molar-refractivity contribution in [2.45, 2.75) is 68.2 Å². The van der Waals surface area contributed by atoms with Crippen molar-refractivity contribution in [1.29, 1.82) is 5.26 Å². The molecule has 1 saturated carbocycles. The summed E-state index contributed by atoms with van der Waals surface area (Å²) in [7, 11) is 0. The molecule has 5 aliphatic rings. The number of nitrogens with zero attached hydrogens (tertiary/aromatic N) is 2. The molecule has 2 aromatic rings. The monoisotopic (exact) mass is 626 g/mol. The third kappa shape index (κ3) is 4.43. The van der Waals surface area contributed by atoms with Crippen LogP contribution in [0.5, 0.6) is 0 Å². The maximum absolute atomic E-state index is 15.3. The fourth-order valence-electron chi connectivity index (χ4n) is 7.19. The number of fused-ring (bicyclic) bond motifs is 6. The summed E-state index contributed by atoms with van der Waals surface area (Å²) in [5, 5.41) is 27.3. The molecule has 2 aliphatic carbocycles. The van der Waals surface area contributed by atoms with Crippen molar-refractivity contribution in [2.24, 2.45) is 11.8 Å². The number of piperidine rings is 3. The smallest absolute Gasteiger partial charge is 0.264 e. The molecule has 0 aromatic heterocycles. The Morgan fingerprint density at radius 3 is 2.66 bits per heavy atom. The Hall–Kier alpha value is -3.36. The predicted molar refractivity (Wildman–Crippen MR) is 147 cm³/mol. The number of amides is 3. The number of hydrogen-bond acceptors (Lipinski definition) is 5. The normalized spacial score (nSPS) is 30.0. The van der Waals surface area contributed by atoms with Crippen molar-refractivity contribution in [3.8, 4) is 17.2 Å². The number of halogens is 3. The molecule has 8 nitrogen and oxygen atoms in total. The van der Waals surface area contributed by atoms with Gasteiger partial charge in [0.05, 0.1) is 12.0 Å². The molecule has 3 amide bonds. The van der Waals surface area contributed by atoms with Gasteiger partial charge in [0.2, 0.25) is 11.8 Å². The van der Waals surface area contributed by atoms with Crippen LogP contribution in [0.25, 0.3) is 11.1 Å². The van der Waals surface area contributed by atoms with Gasteiger partial charge in [0.1, 0.15) is 12.1 Å². The van der Waals surface area contributed by atoms with Gasteiger partial charge in [-0.2, -0.15) is 5.26 Å². The van der Waals surface area contributed by atoms with Crippen LogP contribution in [-0.4, -0.2) is 58.3 Å². The minimum absolute atomic E-state index is 0.0267. The Morgan fingerprint density at radius 1 is 1.17 bits per heavy atom. The van der Waals surface area contributed by atoms with Crippen LogP contribution in [0, 0.1) is 23.2 Å². The Kier molecular flexibility index (Phi) is 6.90. The van der Waals surface area contributed by atoms with Crippen molar-refractivity contribution >= 4 is 33.7 Å². The van der Waals surface area contributed by atoms with E-state index in [0.29, 0.717) is 39.7 Å². The molecular formula is C30H29BrF2N4O4. The minimum atomic E-state index is -3.20. The summed E-state index contributed by atoms with van der Waals surface area (Å²) in [6.07, 6.45) is 1.01. The van der Waals surface area contributed by atoms with Gasteiger partial charge in [-0.3, -0.25) is 14.4 Å². The quantitative estimate of drug-likeness (QED) is 0.468. The van der Waals surface area contributed by atoms with Crippen molar-refractivity contribution in [3.63, 3.8) is 0 Å². The van der Waals surface area contributed by atoms with Crippen LogP contribution < -0.4 is 10.6 Å². The van der Waals surface area contributed by atoms with Gasteiger partial charge < -0.3 is 20.6 Å². The Bertz CT molecular complexity index is 1480. The Labute approximate surface area is 244 Å². The van der Waals surface area contributed by atoms with Crippen molar-refractivity contribution in [3.05, 3.63) is 58.1 Å². The van der Waals surface area contributed by atoms with E-state index in [2.05, 4.69) is 26.6 Å². The van der Waals surface area contributed by atoms with E-state index in [9.17, 15) is 24.8 Å². The first kappa shape index (κ1) is 27.8. The van der Waals surface area contributed by atoms with Gasteiger partial charge in [0.15, 0.2) is 5.60 Å². The summed E-state index contributed by atoms with van der Waals surface area (Å²) in [4.78, 5) is 41.7. The first-order valence-corrected chi connectivity index (χ1v) is 14.7. The van der Waals surface area contributed by atoms with Gasteiger partial charge in [-0.25, -0.2) is 8.78 Å². The summed E-state index contributed by atoms with van der Waals surface area (Å²) < 4.78 is 31.2. The maximum Gasteiger partial charge on any atom is 0.264 e. The first-order valence-electron chi connectivity index (χ1n) is 13.9. The number of nitrogens with one attached hydrogen (secondary N) is 2. The number of carbonyl (C=O) groups is 3. The number of nitriles is 1. The molecule has 2 bridgehead atoms. The van der Waals surface area contributed by atoms with Gasteiger partial charge in [-0.15, -0.1) is 0 Å². The van der Waals surface area contributed by atoms with E-state index in [4.69, 9.17) is 0 Å². The van der Waals surface area contributed by atoms with Crippen LogP contribution in [0.2, 0.25) is 0 Å². The third-order valence-corrected chi connectivity index (χ3v) is 9.61. The lowest BCUT2D eigenvalue weighted by molar-refractivity contribution is -0.201. The van der Waals surface area contributed by atoms with E-state index < -0.39 is 59.7 Å². The fraction of sp³-hybridized carbons (Fsp3) is 0.467. The molecule has 0 radical (unpaired) electrons. The average molecular weight is 627 g/mol. The fourth-order valence-corrected chi connectivity index (χ4v) is 7.55. The van der Waals surface area contributed by atoms with Crippen molar-refractivity contribution in [2.75, 3.05) is 6.54 Å². The second-order valence-corrected chi connectivity index (χ2v) is 12.4. The molecule has 2 aromatic carbocycles. The molecular weight excluding hydrogens is 598 g/mol. The molecule has 3 aliphatic heterocycles. The molecule has 11 heteroatoms. The lowest BCUT2D eigenvalue weighted by atomic mass is 9.70. The number of rotatable bonds is 5. The van der Waals surface area contributed by atoms with Gasteiger partial charge in [0.25, 0.3) is 11.8 Å². The second-order valence-electron chi connectivity index (χ2n) is 11.5. The standard InChI is InChI=1S/C30H29BrF2N4O4/c31-17-7-9-21-20-5-1-2-6-22(20)30(41,24(21)13-17)28(40)37-19-8-10-23(29(32,33)14-19)25(37)27(39)36-18(15-34)12-16-4-3-11-35-26(16)38/h1-2,5-7,9,13,16,18-19,23,25,41H,3-4,8,10-12,14H2,(H,35,38)(H,36,39)/t16-,18-,19-,23-,25-,30+/m1/s1. The number of alkyl halides is 2. The lowest BCUT2D eigenvalue weighted by Gasteiger charge is -2.54. The van der Waals surface area contributed by atoms with Gasteiger partial charge in [-0.1, -0.05) is 46.3 Å². The topological polar surface area (TPSA) is 123 Å². The predicted octanol–water partition coefficient (Wildman–Crippen LogP) is 3.60. The van der Waals surface area contributed by atoms with Gasteiger partial charge in [-0.05, 0) is 55.4 Å². The number of aliphatic hydroxyl groups is 1. The van der Waals surface area contributed by atoms with Gasteiger partial charge >= 0.3 is 0 Å².